The van der Waals surface area contributed by atoms with Gasteiger partial charge in [-0.3, -0.25) is 0 Å². The summed E-state index contributed by atoms with van der Waals surface area (Å²) in [5.74, 6) is -0.190. The first-order valence-corrected chi connectivity index (χ1v) is 7.13. The van der Waals surface area contributed by atoms with Crippen LogP contribution in [0.1, 0.15) is 31.0 Å². The number of hydrogen-bond acceptors (Lipinski definition) is 2. The van der Waals surface area contributed by atoms with Crippen molar-refractivity contribution < 1.29 is 4.39 Å². The van der Waals surface area contributed by atoms with E-state index in [0.717, 1.165) is 38.0 Å². The molecule has 0 radical (unpaired) electrons. The molecule has 3 nitrogen and oxygen atoms in total. The third kappa shape index (κ3) is 2.61. The maximum absolute atomic E-state index is 13.0. The Balaban J connectivity index is 1.84. The molecule has 1 aromatic heterocycles. The van der Waals surface area contributed by atoms with Gasteiger partial charge in [0.2, 0.25) is 0 Å². The van der Waals surface area contributed by atoms with Crippen LogP contribution < -0.4 is 5.32 Å². The normalized spacial score (nSPS) is 18.1. The topological polar surface area (TPSA) is 29.9 Å². The fraction of sp³-hybridized carbons (Fsp3) is 0.438. The van der Waals surface area contributed by atoms with Gasteiger partial charge in [0.05, 0.1) is 6.33 Å². The van der Waals surface area contributed by atoms with Crippen molar-refractivity contribution in [2.45, 2.75) is 31.7 Å². The first-order valence-electron chi connectivity index (χ1n) is 7.13. The second kappa shape index (κ2) is 5.37. The molecule has 0 aliphatic carbocycles. The quantitative estimate of drug-likeness (QED) is 0.932. The Morgan fingerprint density at radius 2 is 1.95 bits per heavy atom. The maximum Gasteiger partial charge on any atom is 0.123 e. The number of aromatic nitrogens is 2. The highest BCUT2D eigenvalue weighted by atomic mass is 19.1. The van der Waals surface area contributed by atoms with E-state index in [1.807, 2.05) is 24.7 Å². The fourth-order valence-corrected chi connectivity index (χ4v) is 2.97. The molecular weight excluding hydrogens is 253 g/mol. The van der Waals surface area contributed by atoms with Gasteiger partial charge in [-0.05, 0) is 43.6 Å². The van der Waals surface area contributed by atoms with E-state index in [9.17, 15) is 4.39 Å². The van der Waals surface area contributed by atoms with Crippen LogP contribution in [-0.2, 0) is 12.0 Å². The Morgan fingerprint density at radius 3 is 2.65 bits per heavy atom. The molecule has 0 bridgehead atoms. The number of piperidine rings is 1. The highest BCUT2D eigenvalue weighted by molar-refractivity contribution is 5.20. The van der Waals surface area contributed by atoms with Crippen molar-refractivity contribution in [2.24, 2.45) is 0 Å². The number of rotatable bonds is 3. The predicted molar refractivity (Wildman–Crippen MR) is 77.2 cm³/mol. The zero-order chi connectivity index (χ0) is 14.0. The number of nitrogens with zero attached hydrogens (tertiary/aromatic N) is 2. The van der Waals surface area contributed by atoms with Gasteiger partial charge in [-0.25, -0.2) is 9.37 Å². The first kappa shape index (κ1) is 13.3. The summed E-state index contributed by atoms with van der Waals surface area (Å²) in [5, 5.41) is 3.41. The molecule has 4 heteroatoms. The summed E-state index contributed by atoms with van der Waals surface area (Å²) < 4.78 is 15.2. The molecule has 0 atom stereocenters. The SMILES string of the molecule is CC1(c2cncn2Cc2ccc(F)cc2)CCNCC1. The zero-order valence-electron chi connectivity index (χ0n) is 11.8. The number of benzene rings is 1. The maximum atomic E-state index is 13.0. The van der Waals surface area contributed by atoms with E-state index < -0.39 is 0 Å². The van der Waals surface area contributed by atoms with Crippen LogP contribution in [0.15, 0.2) is 36.8 Å². The van der Waals surface area contributed by atoms with E-state index >= 15 is 0 Å². The van der Waals surface area contributed by atoms with Crippen LogP contribution >= 0.6 is 0 Å². The van der Waals surface area contributed by atoms with Crippen LogP contribution in [0.25, 0.3) is 0 Å². The minimum Gasteiger partial charge on any atom is -0.330 e. The lowest BCUT2D eigenvalue weighted by molar-refractivity contribution is 0.318. The number of nitrogens with one attached hydrogen (secondary N) is 1. The van der Waals surface area contributed by atoms with E-state index in [4.69, 9.17) is 0 Å². The monoisotopic (exact) mass is 273 g/mol. The molecule has 106 valence electrons. The summed E-state index contributed by atoms with van der Waals surface area (Å²) in [6.07, 6.45) is 6.12. The fourth-order valence-electron chi connectivity index (χ4n) is 2.97. The average molecular weight is 273 g/mol. The number of halogens is 1. The molecule has 1 N–H and O–H groups in total. The van der Waals surface area contributed by atoms with Gasteiger partial charge in [-0.1, -0.05) is 19.1 Å². The van der Waals surface area contributed by atoms with Crippen LogP contribution in [0, 0.1) is 5.82 Å². The summed E-state index contributed by atoms with van der Waals surface area (Å²) in [5.41, 5.74) is 2.56. The molecule has 1 saturated heterocycles. The molecule has 2 heterocycles. The molecule has 3 rings (SSSR count). The van der Waals surface area contributed by atoms with Crippen molar-refractivity contribution >= 4 is 0 Å². The van der Waals surface area contributed by atoms with Gasteiger partial charge in [0.25, 0.3) is 0 Å². The Kier molecular flexibility index (Phi) is 3.57. The minimum absolute atomic E-state index is 0.182. The van der Waals surface area contributed by atoms with Crippen molar-refractivity contribution in [3.63, 3.8) is 0 Å². The van der Waals surface area contributed by atoms with Crippen molar-refractivity contribution in [1.29, 1.82) is 0 Å². The van der Waals surface area contributed by atoms with E-state index in [1.54, 1.807) is 0 Å². The van der Waals surface area contributed by atoms with Gasteiger partial charge in [0.15, 0.2) is 0 Å². The molecule has 1 aliphatic heterocycles. The lowest BCUT2D eigenvalue weighted by atomic mass is 9.78. The first-order chi connectivity index (χ1) is 9.67. The molecule has 1 aromatic carbocycles. The number of hydrogen-bond donors (Lipinski definition) is 1. The van der Waals surface area contributed by atoms with Gasteiger partial charge in [0, 0.05) is 23.9 Å². The largest absolute Gasteiger partial charge is 0.330 e. The molecule has 1 fully saturated rings. The van der Waals surface area contributed by atoms with Gasteiger partial charge < -0.3 is 9.88 Å². The molecule has 0 unspecified atom stereocenters. The molecule has 20 heavy (non-hydrogen) atoms. The summed E-state index contributed by atoms with van der Waals surface area (Å²) >= 11 is 0. The van der Waals surface area contributed by atoms with Crippen LogP contribution in [0.5, 0.6) is 0 Å². The summed E-state index contributed by atoms with van der Waals surface area (Å²) in [6.45, 7) is 5.17. The molecule has 0 spiro atoms. The Morgan fingerprint density at radius 1 is 1.25 bits per heavy atom. The Labute approximate surface area is 118 Å². The molecule has 0 amide bonds. The van der Waals surface area contributed by atoms with E-state index in [0.29, 0.717) is 0 Å². The van der Waals surface area contributed by atoms with Crippen molar-refractivity contribution in [3.05, 3.63) is 53.9 Å². The van der Waals surface area contributed by atoms with Crippen molar-refractivity contribution in [1.82, 2.24) is 14.9 Å². The van der Waals surface area contributed by atoms with Crippen LogP contribution in [0.3, 0.4) is 0 Å². The summed E-state index contributed by atoms with van der Waals surface area (Å²) in [6, 6.07) is 6.70. The summed E-state index contributed by atoms with van der Waals surface area (Å²) in [7, 11) is 0. The standard InChI is InChI=1S/C16H20FN3/c1-16(6-8-18-9-7-16)15-10-19-12-20(15)11-13-2-4-14(17)5-3-13/h2-5,10,12,18H,6-9,11H2,1H3. The lowest BCUT2D eigenvalue weighted by Crippen LogP contribution is -2.39. The second-order valence-corrected chi connectivity index (χ2v) is 5.84. The highest BCUT2D eigenvalue weighted by Crippen LogP contribution is 2.32. The Bertz CT molecular complexity index is 568. The van der Waals surface area contributed by atoms with Crippen molar-refractivity contribution in [2.75, 3.05) is 13.1 Å². The minimum atomic E-state index is -0.190. The zero-order valence-corrected chi connectivity index (χ0v) is 11.8. The average Bonchev–Trinajstić information content (AvgIpc) is 2.91. The van der Waals surface area contributed by atoms with Crippen LogP contribution in [-0.4, -0.2) is 22.6 Å². The molecular formula is C16H20FN3. The predicted octanol–water partition coefficient (Wildman–Crippen LogP) is 2.71. The van der Waals surface area contributed by atoms with Crippen molar-refractivity contribution in [3.8, 4) is 0 Å². The number of imidazole rings is 1. The van der Waals surface area contributed by atoms with Gasteiger partial charge in [-0.15, -0.1) is 0 Å². The molecule has 2 aromatic rings. The van der Waals surface area contributed by atoms with E-state index in [2.05, 4.69) is 21.8 Å². The van der Waals surface area contributed by atoms with Crippen LogP contribution in [0.4, 0.5) is 4.39 Å². The second-order valence-electron chi connectivity index (χ2n) is 5.84. The van der Waals surface area contributed by atoms with E-state index in [1.165, 1.54) is 17.8 Å². The third-order valence-electron chi connectivity index (χ3n) is 4.30. The summed E-state index contributed by atoms with van der Waals surface area (Å²) in [4.78, 5) is 4.32. The van der Waals surface area contributed by atoms with Gasteiger partial charge in [-0.2, -0.15) is 0 Å². The van der Waals surface area contributed by atoms with Gasteiger partial charge in [0.1, 0.15) is 5.82 Å². The van der Waals surface area contributed by atoms with Gasteiger partial charge >= 0.3 is 0 Å². The smallest absolute Gasteiger partial charge is 0.123 e. The van der Waals surface area contributed by atoms with Crippen LogP contribution in [0.2, 0.25) is 0 Å². The molecule has 0 saturated carbocycles. The Hall–Kier alpha value is -1.68. The lowest BCUT2D eigenvalue weighted by Gasteiger charge is -2.34. The van der Waals surface area contributed by atoms with E-state index in [-0.39, 0.29) is 11.2 Å². The molecule has 1 aliphatic rings. The highest BCUT2D eigenvalue weighted by Gasteiger charge is 2.31. The third-order valence-corrected chi connectivity index (χ3v) is 4.30.